The quantitative estimate of drug-likeness (QED) is 0.183. The predicted octanol–water partition coefficient (Wildman–Crippen LogP) is 6.24. The molecule has 3 aromatic carbocycles. The number of halogens is 1. The maximum atomic E-state index is 13.2. The summed E-state index contributed by atoms with van der Waals surface area (Å²) in [5.41, 5.74) is 3.32. The second-order valence-electron chi connectivity index (χ2n) is 10.0. The van der Waals surface area contributed by atoms with E-state index in [1.165, 1.54) is 12.1 Å². The third-order valence-corrected chi connectivity index (χ3v) is 9.11. The summed E-state index contributed by atoms with van der Waals surface area (Å²) in [6.07, 6.45) is 1.63. The van der Waals surface area contributed by atoms with Crippen LogP contribution in [0.4, 0.5) is 0 Å². The van der Waals surface area contributed by atoms with Crippen molar-refractivity contribution in [1.29, 1.82) is 0 Å². The number of nitrogens with zero attached hydrogens (tertiary/aromatic N) is 2. The van der Waals surface area contributed by atoms with E-state index in [0.717, 1.165) is 29.6 Å². The second-order valence-corrected chi connectivity index (χ2v) is 12.5. The zero-order chi connectivity index (χ0) is 30.7. The van der Waals surface area contributed by atoms with Crippen molar-refractivity contribution in [3.8, 4) is 11.3 Å². The molecule has 9 nitrogen and oxygen atoms in total. The van der Waals surface area contributed by atoms with E-state index in [0.29, 0.717) is 45.9 Å². The van der Waals surface area contributed by atoms with Crippen LogP contribution in [0.3, 0.4) is 0 Å². The maximum absolute atomic E-state index is 13.2. The molecule has 0 spiro atoms. The van der Waals surface area contributed by atoms with Crippen LogP contribution in [-0.4, -0.2) is 36.3 Å². The number of hydrogen-bond acceptors (Lipinski definition) is 6. The molecule has 43 heavy (non-hydrogen) atoms. The second kappa shape index (κ2) is 12.6. The van der Waals surface area contributed by atoms with Gasteiger partial charge in [-0.25, -0.2) is 18.1 Å². The lowest BCUT2D eigenvalue weighted by molar-refractivity contribution is 0.0944. The first-order valence-corrected chi connectivity index (χ1v) is 16.2. The smallest absolute Gasteiger partial charge is 0.269 e. The number of sulfonamides is 1. The monoisotopic (exact) mass is 662 g/mol. The van der Waals surface area contributed by atoms with Crippen LogP contribution in [-0.2, 0) is 23.0 Å². The van der Waals surface area contributed by atoms with E-state index in [9.17, 15) is 18.0 Å². The van der Waals surface area contributed by atoms with Crippen molar-refractivity contribution in [2.45, 2.75) is 45.1 Å². The van der Waals surface area contributed by atoms with E-state index in [-0.39, 0.29) is 16.4 Å². The number of fused-ring (bicyclic) bond motifs is 1. The summed E-state index contributed by atoms with van der Waals surface area (Å²) in [5.74, 6) is 0.304. The highest BCUT2D eigenvalue weighted by Crippen LogP contribution is 2.39. The van der Waals surface area contributed by atoms with E-state index in [1.807, 2.05) is 36.6 Å². The number of nitrogens with one attached hydrogen (secondary N) is 2. The predicted molar refractivity (Wildman–Crippen MR) is 169 cm³/mol. The van der Waals surface area contributed by atoms with Crippen molar-refractivity contribution >= 4 is 48.7 Å². The van der Waals surface area contributed by atoms with Crippen LogP contribution < -0.4 is 10.0 Å². The van der Waals surface area contributed by atoms with E-state index in [1.54, 1.807) is 42.5 Å². The molecule has 5 rings (SSSR count). The normalized spacial score (nSPS) is 11.5. The van der Waals surface area contributed by atoms with Gasteiger partial charge in [0.05, 0.1) is 20.6 Å². The molecular formula is C32H31BrN4O5S. The molecule has 2 heterocycles. The minimum Gasteiger partial charge on any atom is -0.455 e. The standard InChI is InChI=1S/C32H31BrN4O5S/c1-4-11-27-35-20(3)29(32(39)34-5-2)37(27)19-21-16-17-26-25(18-21)28(33)30(42-26)23-14-9-10-15-24(23)31(38)36-43(40,41)22-12-7-6-8-13-22/h6-10,12-18H,4-5,11,19H2,1-3H3,(H,34,39)(H,36,38). The summed E-state index contributed by atoms with van der Waals surface area (Å²) in [4.78, 5) is 30.8. The Labute approximate surface area is 258 Å². The van der Waals surface area contributed by atoms with Gasteiger partial charge < -0.3 is 14.3 Å². The number of rotatable bonds is 10. The van der Waals surface area contributed by atoms with Gasteiger partial charge in [-0.1, -0.05) is 49.4 Å². The first kappa shape index (κ1) is 30.2. The van der Waals surface area contributed by atoms with Crippen molar-refractivity contribution in [1.82, 2.24) is 19.6 Å². The van der Waals surface area contributed by atoms with Gasteiger partial charge in [-0.05, 0) is 72.1 Å². The lowest BCUT2D eigenvalue weighted by Gasteiger charge is -2.12. The fourth-order valence-electron chi connectivity index (χ4n) is 5.03. The molecule has 0 aliphatic heterocycles. The number of benzene rings is 3. The van der Waals surface area contributed by atoms with Crippen LogP contribution in [0.1, 0.15) is 58.2 Å². The van der Waals surface area contributed by atoms with Gasteiger partial charge in [-0.15, -0.1) is 0 Å². The molecule has 0 saturated heterocycles. The molecule has 0 fully saturated rings. The molecule has 11 heteroatoms. The van der Waals surface area contributed by atoms with Gasteiger partial charge in [0.15, 0.2) is 0 Å². The Hall–Kier alpha value is -4.22. The number of hydrogen-bond donors (Lipinski definition) is 2. The van der Waals surface area contributed by atoms with Crippen LogP contribution in [0.5, 0.6) is 0 Å². The van der Waals surface area contributed by atoms with Crippen LogP contribution in [0.15, 0.2) is 86.6 Å². The van der Waals surface area contributed by atoms with Crippen molar-refractivity contribution in [3.63, 3.8) is 0 Å². The number of aromatic nitrogens is 2. The highest BCUT2D eigenvalue weighted by Gasteiger charge is 2.25. The van der Waals surface area contributed by atoms with Gasteiger partial charge in [0.2, 0.25) is 0 Å². The molecule has 0 radical (unpaired) electrons. The third-order valence-electron chi connectivity index (χ3n) is 6.98. The summed E-state index contributed by atoms with van der Waals surface area (Å²) in [7, 11) is -4.07. The molecule has 2 amide bonds. The Balaban J connectivity index is 1.50. The number of carbonyl (C=O) groups excluding carboxylic acids is 2. The SMILES string of the molecule is CCCc1nc(C)c(C(=O)NCC)n1Cc1ccc2oc(-c3ccccc3C(=O)NS(=O)(=O)c3ccccc3)c(Br)c2c1. The Bertz CT molecular complexity index is 1930. The molecule has 0 aliphatic carbocycles. The highest BCUT2D eigenvalue weighted by atomic mass is 79.9. The van der Waals surface area contributed by atoms with Crippen LogP contribution in [0, 0.1) is 6.92 Å². The van der Waals surface area contributed by atoms with Gasteiger partial charge in [-0.3, -0.25) is 9.59 Å². The molecule has 0 saturated carbocycles. The molecule has 0 aliphatic rings. The van der Waals surface area contributed by atoms with Crippen molar-refractivity contribution < 1.29 is 22.4 Å². The minimum atomic E-state index is -4.07. The minimum absolute atomic E-state index is 0.0104. The first-order valence-electron chi connectivity index (χ1n) is 13.9. The summed E-state index contributed by atoms with van der Waals surface area (Å²) in [5, 5.41) is 3.66. The molecule has 0 atom stereocenters. The lowest BCUT2D eigenvalue weighted by atomic mass is 10.0. The van der Waals surface area contributed by atoms with Crippen molar-refractivity contribution in [2.24, 2.45) is 0 Å². The number of aryl methyl sites for hydroxylation is 2. The highest BCUT2D eigenvalue weighted by molar-refractivity contribution is 9.10. The molecule has 0 bridgehead atoms. The van der Waals surface area contributed by atoms with Gasteiger partial charge in [0.25, 0.3) is 21.8 Å². The molecule has 2 N–H and O–H groups in total. The van der Waals surface area contributed by atoms with E-state index in [4.69, 9.17) is 4.42 Å². The summed E-state index contributed by atoms with van der Waals surface area (Å²) in [6.45, 7) is 6.75. The van der Waals surface area contributed by atoms with Crippen molar-refractivity contribution in [2.75, 3.05) is 6.54 Å². The zero-order valence-electron chi connectivity index (χ0n) is 24.0. The molecule has 222 valence electrons. The van der Waals surface area contributed by atoms with Crippen LogP contribution in [0.2, 0.25) is 0 Å². The number of furan rings is 1. The fourth-order valence-corrected chi connectivity index (χ4v) is 6.62. The Morgan fingerprint density at radius 1 is 0.977 bits per heavy atom. The van der Waals surface area contributed by atoms with Gasteiger partial charge in [-0.2, -0.15) is 0 Å². The Morgan fingerprint density at radius 2 is 1.70 bits per heavy atom. The summed E-state index contributed by atoms with van der Waals surface area (Å²) in [6, 6.07) is 20.1. The Kier molecular flexibility index (Phi) is 8.84. The van der Waals surface area contributed by atoms with E-state index in [2.05, 4.69) is 37.9 Å². The first-order chi connectivity index (χ1) is 20.6. The summed E-state index contributed by atoms with van der Waals surface area (Å²) < 4.78 is 36.6. The fraction of sp³-hybridized carbons (Fsp3) is 0.219. The van der Waals surface area contributed by atoms with Gasteiger partial charge >= 0.3 is 0 Å². The van der Waals surface area contributed by atoms with Gasteiger partial charge in [0, 0.05) is 30.5 Å². The van der Waals surface area contributed by atoms with Crippen molar-refractivity contribution in [3.05, 3.63) is 106 Å². The lowest BCUT2D eigenvalue weighted by Crippen LogP contribution is -2.30. The number of carbonyl (C=O) groups is 2. The molecular weight excluding hydrogens is 632 g/mol. The largest absolute Gasteiger partial charge is 0.455 e. The van der Waals surface area contributed by atoms with Crippen LogP contribution >= 0.6 is 15.9 Å². The third kappa shape index (κ3) is 6.14. The molecule has 0 unspecified atom stereocenters. The average Bonchev–Trinajstić information content (AvgIpc) is 3.48. The zero-order valence-corrected chi connectivity index (χ0v) is 26.4. The number of amides is 2. The maximum Gasteiger partial charge on any atom is 0.269 e. The van der Waals surface area contributed by atoms with E-state index < -0.39 is 15.9 Å². The van der Waals surface area contributed by atoms with Crippen LogP contribution in [0.25, 0.3) is 22.3 Å². The molecule has 2 aromatic heterocycles. The topological polar surface area (TPSA) is 123 Å². The number of imidazole rings is 1. The Morgan fingerprint density at radius 3 is 2.42 bits per heavy atom. The summed E-state index contributed by atoms with van der Waals surface area (Å²) >= 11 is 3.66. The molecule has 5 aromatic rings. The average molecular weight is 664 g/mol. The van der Waals surface area contributed by atoms with Gasteiger partial charge in [0.1, 0.15) is 22.9 Å². The van der Waals surface area contributed by atoms with E-state index >= 15 is 0 Å².